The van der Waals surface area contributed by atoms with Gasteiger partial charge in [-0.25, -0.2) is 0 Å². The van der Waals surface area contributed by atoms with Crippen LogP contribution in [-0.2, 0) is 6.42 Å². The first-order chi connectivity index (χ1) is 10.5. The fraction of sp³-hybridized carbons (Fsp3) is 0.412. The molecule has 0 bridgehead atoms. The maximum atomic E-state index is 12.3. The molecule has 22 heavy (non-hydrogen) atoms. The molecule has 0 radical (unpaired) electrons. The van der Waals surface area contributed by atoms with Crippen LogP contribution in [0.1, 0.15) is 35.9 Å². The summed E-state index contributed by atoms with van der Waals surface area (Å²) in [5, 5.41) is 14.4. The highest BCUT2D eigenvalue weighted by Gasteiger charge is 2.18. The van der Waals surface area contributed by atoms with Crippen LogP contribution in [0.2, 0.25) is 0 Å². The lowest BCUT2D eigenvalue weighted by Gasteiger charge is -2.20. The van der Waals surface area contributed by atoms with Crippen LogP contribution in [0.15, 0.2) is 42.6 Å². The number of nitrogens with zero attached hydrogens (tertiary/aromatic N) is 3. The Morgan fingerprint density at radius 2 is 1.95 bits per heavy atom. The fourth-order valence-corrected chi connectivity index (χ4v) is 2.29. The molecule has 2 rings (SSSR count). The maximum Gasteiger partial charge on any atom is 0.274 e. The first kappa shape index (κ1) is 16.2. The molecule has 1 heterocycles. The first-order valence-electron chi connectivity index (χ1n) is 7.50. The quantitative estimate of drug-likeness (QED) is 0.889. The largest absolute Gasteiger partial charge is 0.391 e. The van der Waals surface area contributed by atoms with Crippen molar-refractivity contribution >= 4 is 5.91 Å². The minimum absolute atomic E-state index is 0.175. The highest BCUT2D eigenvalue weighted by Crippen LogP contribution is 2.08. The fourth-order valence-electron chi connectivity index (χ4n) is 2.29. The number of amides is 1. The van der Waals surface area contributed by atoms with E-state index >= 15 is 0 Å². The summed E-state index contributed by atoms with van der Waals surface area (Å²) in [7, 11) is 1.69. The molecule has 1 aromatic heterocycles. The van der Waals surface area contributed by atoms with Crippen molar-refractivity contribution in [1.82, 2.24) is 14.7 Å². The predicted octanol–water partition coefficient (Wildman–Crippen LogP) is 2.14. The third-order valence-corrected chi connectivity index (χ3v) is 3.50. The second kappa shape index (κ2) is 7.22. The third kappa shape index (κ3) is 4.18. The van der Waals surface area contributed by atoms with Gasteiger partial charge in [-0.3, -0.25) is 9.48 Å². The Morgan fingerprint density at radius 1 is 1.27 bits per heavy atom. The van der Waals surface area contributed by atoms with E-state index in [1.54, 1.807) is 24.0 Å². The summed E-state index contributed by atoms with van der Waals surface area (Å²) in [5.74, 6) is -0.175. The highest BCUT2D eigenvalue weighted by molar-refractivity contribution is 5.92. The average Bonchev–Trinajstić information content (AvgIpc) is 2.97. The summed E-state index contributed by atoms with van der Waals surface area (Å²) in [4.78, 5) is 13.8. The Morgan fingerprint density at radius 3 is 2.55 bits per heavy atom. The third-order valence-electron chi connectivity index (χ3n) is 3.50. The lowest BCUT2D eigenvalue weighted by Crippen LogP contribution is -2.35. The van der Waals surface area contributed by atoms with E-state index < -0.39 is 6.10 Å². The summed E-state index contributed by atoms with van der Waals surface area (Å²) >= 11 is 0. The summed E-state index contributed by atoms with van der Waals surface area (Å²) in [6.07, 6.45) is 1.73. The van der Waals surface area contributed by atoms with Crippen molar-refractivity contribution in [3.8, 4) is 0 Å². The average molecular weight is 301 g/mol. The molecule has 1 aromatic carbocycles. The van der Waals surface area contributed by atoms with E-state index in [1.165, 1.54) is 4.90 Å². The molecule has 5 heteroatoms. The van der Waals surface area contributed by atoms with Crippen LogP contribution in [-0.4, -0.2) is 45.4 Å². The van der Waals surface area contributed by atoms with Gasteiger partial charge in [0.25, 0.3) is 5.91 Å². The van der Waals surface area contributed by atoms with Crippen molar-refractivity contribution in [2.75, 3.05) is 13.6 Å². The Bertz CT molecular complexity index is 607. The second-order valence-corrected chi connectivity index (χ2v) is 5.80. The van der Waals surface area contributed by atoms with Crippen LogP contribution in [0.25, 0.3) is 0 Å². The highest BCUT2D eigenvalue weighted by atomic mass is 16.3. The van der Waals surface area contributed by atoms with E-state index in [4.69, 9.17) is 0 Å². The minimum Gasteiger partial charge on any atom is -0.391 e. The Balaban J connectivity index is 1.92. The molecule has 0 aliphatic carbocycles. The zero-order valence-electron chi connectivity index (χ0n) is 13.3. The lowest BCUT2D eigenvalue weighted by molar-refractivity contribution is 0.0675. The lowest BCUT2D eigenvalue weighted by atomic mass is 10.1. The summed E-state index contributed by atoms with van der Waals surface area (Å²) in [5.41, 5.74) is 1.46. The minimum atomic E-state index is -0.594. The van der Waals surface area contributed by atoms with Gasteiger partial charge in [0.05, 0.1) is 6.10 Å². The Kier molecular flexibility index (Phi) is 5.33. The van der Waals surface area contributed by atoms with Gasteiger partial charge in [0, 0.05) is 32.3 Å². The van der Waals surface area contributed by atoms with Crippen molar-refractivity contribution < 1.29 is 9.90 Å². The second-order valence-electron chi connectivity index (χ2n) is 5.80. The van der Waals surface area contributed by atoms with Gasteiger partial charge in [-0.2, -0.15) is 5.10 Å². The van der Waals surface area contributed by atoms with Crippen LogP contribution < -0.4 is 0 Å². The van der Waals surface area contributed by atoms with Gasteiger partial charge < -0.3 is 10.0 Å². The molecule has 1 N–H and O–H groups in total. The van der Waals surface area contributed by atoms with Crippen LogP contribution >= 0.6 is 0 Å². The van der Waals surface area contributed by atoms with E-state index in [0.29, 0.717) is 12.1 Å². The molecule has 0 unspecified atom stereocenters. The van der Waals surface area contributed by atoms with Gasteiger partial charge in [-0.05, 0) is 25.5 Å². The summed E-state index contributed by atoms with van der Waals surface area (Å²) in [6.45, 7) is 4.30. The smallest absolute Gasteiger partial charge is 0.274 e. The van der Waals surface area contributed by atoms with E-state index in [-0.39, 0.29) is 18.5 Å². The van der Waals surface area contributed by atoms with E-state index in [0.717, 1.165) is 5.56 Å². The van der Waals surface area contributed by atoms with Crippen molar-refractivity contribution in [2.45, 2.75) is 32.4 Å². The van der Waals surface area contributed by atoms with Crippen LogP contribution in [0.5, 0.6) is 0 Å². The number of aromatic nitrogens is 2. The molecular formula is C17H23N3O2. The molecule has 0 saturated carbocycles. The maximum absolute atomic E-state index is 12.3. The van der Waals surface area contributed by atoms with Crippen LogP contribution in [0, 0.1) is 0 Å². The molecular weight excluding hydrogens is 278 g/mol. The van der Waals surface area contributed by atoms with E-state index in [9.17, 15) is 9.90 Å². The van der Waals surface area contributed by atoms with E-state index in [2.05, 4.69) is 5.10 Å². The molecule has 1 amide bonds. The SMILES string of the molecule is CC(C)n1ccc(C(=O)N(C)C[C@@H](O)Cc2ccccc2)n1. The zero-order chi connectivity index (χ0) is 16.1. The van der Waals surface area contributed by atoms with Gasteiger partial charge in [0.1, 0.15) is 5.69 Å². The monoisotopic (exact) mass is 301 g/mol. The van der Waals surface area contributed by atoms with Gasteiger partial charge in [-0.15, -0.1) is 0 Å². The summed E-state index contributed by atoms with van der Waals surface area (Å²) in [6, 6.07) is 11.7. The number of hydrogen-bond donors (Lipinski definition) is 1. The van der Waals surface area contributed by atoms with E-state index in [1.807, 2.05) is 44.2 Å². The topological polar surface area (TPSA) is 58.4 Å². The first-order valence-corrected chi connectivity index (χ1v) is 7.50. The molecule has 0 aliphatic heterocycles. The Hall–Kier alpha value is -2.14. The number of rotatable bonds is 6. The number of hydrogen-bond acceptors (Lipinski definition) is 3. The van der Waals surface area contributed by atoms with Gasteiger partial charge in [-0.1, -0.05) is 30.3 Å². The van der Waals surface area contributed by atoms with Crippen LogP contribution in [0.4, 0.5) is 0 Å². The number of carbonyl (C=O) groups excluding carboxylic acids is 1. The molecule has 2 aromatic rings. The predicted molar refractivity (Wildman–Crippen MR) is 85.7 cm³/mol. The molecule has 0 spiro atoms. The molecule has 1 atom stereocenters. The van der Waals surface area contributed by atoms with Crippen LogP contribution in [0.3, 0.4) is 0 Å². The van der Waals surface area contributed by atoms with Gasteiger partial charge >= 0.3 is 0 Å². The number of benzene rings is 1. The molecule has 118 valence electrons. The Labute approximate surface area is 131 Å². The normalized spacial score (nSPS) is 12.4. The molecule has 0 fully saturated rings. The number of carbonyl (C=O) groups is 1. The van der Waals surface area contributed by atoms with Crippen molar-refractivity contribution in [2.24, 2.45) is 0 Å². The van der Waals surface area contributed by atoms with Crippen molar-refractivity contribution in [1.29, 1.82) is 0 Å². The zero-order valence-corrected chi connectivity index (χ0v) is 13.3. The number of aliphatic hydroxyl groups excluding tert-OH is 1. The molecule has 0 saturated heterocycles. The van der Waals surface area contributed by atoms with Crippen molar-refractivity contribution in [3.05, 3.63) is 53.9 Å². The van der Waals surface area contributed by atoms with Crippen molar-refractivity contribution in [3.63, 3.8) is 0 Å². The van der Waals surface area contributed by atoms with Gasteiger partial charge in [0.15, 0.2) is 0 Å². The van der Waals surface area contributed by atoms with Gasteiger partial charge in [0.2, 0.25) is 0 Å². The molecule has 0 aliphatic rings. The standard InChI is InChI=1S/C17H23N3O2/c1-13(2)20-10-9-16(18-20)17(22)19(3)12-15(21)11-14-7-5-4-6-8-14/h4-10,13,15,21H,11-12H2,1-3H3/t15-/m0/s1. The molecule has 5 nitrogen and oxygen atoms in total. The summed E-state index contributed by atoms with van der Waals surface area (Å²) < 4.78 is 1.75. The number of aliphatic hydroxyl groups is 1. The number of likely N-dealkylation sites (N-methyl/N-ethyl adjacent to an activating group) is 1.